The van der Waals surface area contributed by atoms with Crippen LogP contribution in [0.3, 0.4) is 0 Å². The second kappa shape index (κ2) is 20.2. The highest BCUT2D eigenvalue weighted by atomic mass is 35.5. The normalized spacial score (nSPS) is 17.1. The minimum Gasteiger partial charge on any atom is -0.460 e. The third-order valence-corrected chi connectivity index (χ3v) is 16.9. The molecule has 352 valence electrons. The van der Waals surface area contributed by atoms with Crippen LogP contribution in [0, 0.1) is 5.41 Å². The first kappa shape index (κ1) is 50.0. The highest BCUT2D eigenvalue weighted by Crippen LogP contribution is 2.45. The third-order valence-electron chi connectivity index (χ3n) is 11.6. The summed E-state index contributed by atoms with van der Waals surface area (Å²) in [6.45, 7) is 25.3. The minimum absolute atomic E-state index is 0.00337. The van der Waals surface area contributed by atoms with Gasteiger partial charge in [-0.05, 0) is 103 Å². The molecule has 0 spiro atoms. The lowest BCUT2D eigenvalue weighted by atomic mass is 9.70. The summed E-state index contributed by atoms with van der Waals surface area (Å²) in [5.74, 6) is 3.16. The maximum Gasteiger partial charge on any atom is 0.312 e. The van der Waals surface area contributed by atoms with Crippen molar-refractivity contribution < 1.29 is 14.0 Å². The number of hydrogen-bond acceptors (Lipinski definition) is 11. The van der Waals surface area contributed by atoms with Crippen LogP contribution in [-0.2, 0) is 37.3 Å². The number of aromatic nitrogens is 8. The predicted molar refractivity (Wildman–Crippen MR) is 268 cm³/mol. The van der Waals surface area contributed by atoms with Gasteiger partial charge in [0.25, 0.3) is 8.32 Å². The number of alkyl halides is 1. The topological polar surface area (TPSA) is 147 Å². The summed E-state index contributed by atoms with van der Waals surface area (Å²) in [6.07, 6.45) is 13.5. The number of ether oxygens (including phenoxy) is 1. The van der Waals surface area contributed by atoms with E-state index >= 15 is 0 Å². The van der Waals surface area contributed by atoms with Gasteiger partial charge in [0.2, 0.25) is 0 Å². The molecule has 66 heavy (non-hydrogen) atoms. The fourth-order valence-electron chi connectivity index (χ4n) is 8.60. The van der Waals surface area contributed by atoms with Crippen molar-refractivity contribution in [2.75, 3.05) is 10.6 Å². The molecule has 0 aliphatic heterocycles. The second-order valence-electron chi connectivity index (χ2n) is 21.2. The number of benzene rings is 2. The fourth-order valence-corrected chi connectivity index (χ4v) is 13.5. The molecule has 7 rings (SSSR count). The zero-order valence-electron chi connectivity index (χ0n) is 40.9. The fraction of sp³-hybridized carbons (Fsp3) is 0.471. The molecule has 1 aliphatic rings. The van der Waals surface area contributed by atoms with Crippen LogP contribution in [0.15, 0.2) is 110 Å². The number of rotatable bonds is 12. The first-order valence-corrected chi connectivity index (χ1v) is 25.3. The Labute approximate surface area is 397 Å². The molecule has 2 aromatic carbocycles. The molecule has 4 aromatic heterocycles. The van der Waals surface area contributed by atoms with Gasteiger partial charge in [0.05, 0.1) is 58.5 Å². The van der Waals surface area contributed by atoms with E-state index in [2.05, 4.69) is 159 Å². The Balaban J connectivity index is 0.000000333. The Morgan fingerprint density at radius 2 is 1.14 bits per heavy atom. The molecule has 0 unspecified atom stereocenters. The van der Waals surface area contributed by atoms with E-state index in [9.17, 15) is 4.79 Å². The molecule has 0 bridgehead atoms. The van der Waals surface area contributed by atoms with Gasteiger partial charge < -0.3 is 19.8 Å². The van der Waals surface area contributed by atoms with Crippen molar-refractivity contribution in [2.24, 2.45) is 5.41 Å². The van der Waals surface area contributed by atoms with Gasteiger partial charge >= 0.3 is 5.97 Å². The van der Waals surface area contributed by atoms with Crippen molar-refractivity contribution in [2.45, 2.75) is 149 Å². The van der Waals surface area contributed by atoms with Crippen molar-refractivity contribution in [3.8, 4) is 0 Å². The largest absolute Gasteiger partial charge is 0.460 e. The number of halogens is 1. The van der Waals surface area contributed by atoms with Gasteiger partial charge in [-0.1, -0.05) is 81.4 Å². The van der Waals surface area contributed by atoms with Crippen LogP contribution in [0.1, 0.15) is 120 Å². The number of carbonyl (C=O) groups is 1. The summed E-state index contributed by atoms with van der Waals surface area (Å²) in [5, 5.41) is 17.8. The van der Waals surface area contributed by atoms with E-state index in [-0.39, 0.29) is 28.2 Å². The smallest absolute Gasteiger partial charge is 0.312 e. The van der Waals surface area contributed by atoms with E-state index < -0.39 is 19.3 Å². The lowest BCUT2D eigenvalue weighted by Gasteiger charge is -2.47. The summed E-state index contributed by atoms with van der Waals surface area (Å²) in [7, 11) is -2.73. The maximum atomic E-state index is 14.1. The highest BCUT2D eigenvalue weighted by Gasteiger charge is 2.53. The molecular weight excluding hydrogens is 864 g/mol. The van der Waals surface area contributed by atoms with E-state index in [4.69, 9.17) is 25.7 Å². The van der Waals surface area contributed by atoms with Gasteiger partial charge in [-0.25, -0.2) is 19.3 Å². The monoisotopic (exact) mass is 933 g/mol. The Bertz CT molecular complexity index is 2460. The molecule has 0 radical (unpaired) electrons. The molecular formula is C51H69ClN10O3Si. The molecule has 1 fully saturated rings. The third kappa shape index (κ3) is 12.1. The number of hydrogen-bond donors (Lipinski definition) is 2. The molecule has 15 heteroatoms. The molecule has 1 aliphatic carbocycles. The lowest BCUT2D eigenvalue weighted by Crippen LogP contribution is -2.68. The van der Waals surface area contributed by atoms with Gasteiger partial charge in [0.15, 0.2) is 0 Å². The lowest BCUT2D eigenvalue weighted by molar-refractivity contribution is -0.171. The standard InChI is InChI=1S/C39H53N5O3Si.C12H16ClN5/c1-36(2,3)44-34(22-25-41-44)43-33-28-40-27-29(42-33)26-39(35(45)46-37(4,5)6)23-20-30(21-24-39)47-48(38(7,8)9,31-16-12-10-13-17-31)32-18-14-11-15-19-32;1-12(2,3)18-11(4-5-15-18)17-10-8-14-7-9(6-13)16-10/h10-19,22,25,27-28,30H,20-21,23-24,26H2,1-9H3,(H,42,43);4-5,7-8H,6H2,1-3H3,(H,16,17). The van der Waals surface area contributed by atoms with Gasteiger partial charge in [-0.3, -0.25) is 14.8 Å². The SMILES string of the molecule is CC(C)(C)OC(=O)C1(Cc2cncc(Nc3ccnn3C(C)(C)C)n2)CCC(O[Si](c2ccccc2)(c2ccccc2)C(C)(C)C)CC1.CC(C)(C)n1nccc1Nc1cncc(CCl)n1. The first-order valence-electron chi connectivity index (χ1n) is 22.9. The van der Waals surface area contributed by atoms with Gasteiger partial charge in [0, 0.05) is 37.1 Å². The second-order valence-corrected chi connectivity index (χ2v) is 25.7. The van der Waals surface area contributed by atoms with Crippen molar-refractivity contribution >= 4 is 59.5 Å². The van der Waals surface area contributed by atoms with Crippen molar-refractivity contribution in [3.05, 3.63) is 121 Å². The summed E-state index contributed by atoms with van der Waals surface area (Å²) in [5.41, 5.74) is -0.148. The van der Waals surface area contributed by atoms with Gasteiger partial charge in [-0.15, -0.1) is 11.6 Å². The first-order chi connectivity index (χ1) is 31.0. The molecule has 13 nitrogen and oxygen atoms in total. The Morgan fingerprint density at radius 1 is 0.682 bits per heavy atom. The summed E-state index contributed by atoms with van der Waals surface area (Å²) in [4.78, 5) is 32.0. The van der Waals surface area contributed by atoms with E-state index in [0.717, 1.165) is 35.9 Å². The average molecular weight is 934 g/mol. The summed E-state index contributed by atoms with van der Waals surface area (Å²) < 4.78 is 17.4. The highest BCUT2D eigenvalue weighted by molar-refractivity contribution is 6.99. The van der Waals surface area contributed by atoms with Crippen LogP contribution >= 0.6 is 11.6 Å². The molecule has 0 saturated heterocycles. The Morgan fingerprint density at radius 3 is 1.56 bits per heavy atom. The maximum absolute atomic E-state index is 14.1. The minimum atomic E-state index is -2.73. The van der Waals surface area contributed by atoms with Crippen molar-refractivity contribution in [1.29, 1.82) is 0 Å². The summed E-state index contributed by atoms with van der Waals surface area (Å²) in [6, 6.07) is 25.3. The predicted octanol–water partition coefficient (Wildman–Crippen LogP) is 10.5. The molecule has 4 heterocycles. The van der Waals surface area contributed by atoms with E-state index in [1.54, 1.807) is 37.2 Å². The van der Waals surface area contributed by atoms with Crippen LogP contribution in [0.5, 0.6) is 0 Å². The molecule has 6 aromatic rings. The Hall–Kier alpha value is -5.44. The van der Waals surface area contributed by atoms with E-state index in [0.29, 0.717) is 36.8 Å². The van der Waals surface area contributed by atoms with E-state index in [1.165, 1.54) is 10.4 Å². The number of nitrogens with one attached hydrogen (secondary N) is 2. The molecule has 1 saturated carbocycles. The average Bonchev–Trinajstić information content (AvgIpc) is 3.94. The Kier molecular flexibility index (Phi) is 15.3. The van der Waals surface area contributed by atoms with E-state index in [1.807, 2.05) is 42.3 Å². The van der Waals surface area contributed by atoms with Crippen molar-refractivity contribution in [1.82, 2.24) is 39.5 Å². The van der Waals surface area contributed by atoms with Crippen LogP contribution < -0.4 is 21.0 Å². The van der Waals surface area contributed by atoms with Gasteiger partial charge in [0.1, 0.15) is 28.9 Å². The number of carbonyl (C=O) groups excluding carboxylic acids is 1. The van der Waals surface area contributed by atoms with Crippen LogP contribution in [0.4, 0.5) is 23.3 Å². The van der Waals surface area contributed by atoms with Gasteiger partial charge in [-0.2, -0.15) is 10.2 Å². The molecule has 2 N–H and O–H groups in total. The number of nitrogens with zero attached hydrogens (tertiary/aromatic N) is 8. The zero-order chi connectivity index (χ0) is 48.0. The zero-order valence-corrected chi connectivity index (χ0v) is 42.6. The summed E-state index contributed by atoms with van der Waals surface area (Å²) >= 11 is 5.74. The number of anilines is 4. The quantitative estimate of drug-likeness (QED) is 0.0687. The van der Waals surface area contributed by atoms with Crippen LogP contribution in [-0.4, -0.2) is 65.5 Å². The number of esters is 1. The van der Waals surface area contributed by atoms with Crippen LogP contribution in [0.2, 0.25) is 5.04 Å². The van der Waals surface area contributed by atoms with Crippen LogP contribution in [0.25, 0.3) is 0 Å². The molecule has 0 amide bonds. The molecule has 0 atom stereocenters. The van der Waals surface area contributed by atoms with Crippen molar-refractivity contribution in [3.63, 3.8) is 0 Å².